The normalized spacial score (nSPS) is 11.3. The third kappa shape index (κ3) is 3.58. The van der Waals surface area contributed by atoms with E-state index in [0.29, 0.717) is 6.54 Å². The van der Waals surface area contributed by atoms with Crippen molar-refractivity contribution in [1.29, 1.82) is 0 Å². The highest BCUT2D eigenvalue weighted by atomic mass is 16.6. The number of ether oxygens (including phenoxy) is 1. The van der Waals surface area contributed by atoms with Gasteiger partial charge in [-0.2, -0.15) is 0 Å². The molecule has 1 aromatic rings. The minimum Gasteiger partial charge on any atom is -0.455 e. The second kappa shape index (κ2) is 5.20. The summed E-state index contributed by atoms with van der Waals surface area (Å²) in [4.78, 5) is 22.1. The lowest BCUT2D eigenvalue weighted by atomic mass is 10.2. The molecule has 18 heavy (non-hydrogen) atoms. The molecule has 0 spiro atoms. The van der Waals surface area contributed by atoms with Crippen molar-refractivity contribution in [2.45, 2.75) is 46.3 Å². The average Bonchev–Trinajstić information content (AvgIpc) is 2.59. The predicted octanol–water partition coefficient (Wildman–Crippen LogP) is 2.76. The fourth-order valence-electron chi connectivity index (χ4n) is 1.52. The summed E-state index contributed by atoms with van der Waals surface area (Å²) in [6, 6.07) is 1.25. The highest BCUT2D eigenvalue weighted by molar-refractivity contribution is 5.89. The molecule has 1 rings (SSSR count). The first-order valence-electron chi connectivity index (χ1n) is 5.82. The molecule has 0 radical (unpaired) electrons. The van der Waals surface area contributed by atoms with Crippen LogP contribution in [0.1, 0.15) is 44.6 Å². The van der Waals surface area contributed by atoms with Crippen LogP contribution in [0, 0.1) is 10.1 Å². The third-order valence-electron chi connectivity index (χ3n) is 2.17. The van der Waals surface area contributed by atoms with Gasteiger partial charge in [0.15, 0.2) is 0 Å². The van der Waals surface area contributed by atoms with Gasteiger partial charge in [0.1, 0.15) is 11.3 Å². The van der Waals surface area contributed by atoms with E-state index in [2.05, 4.69) is 0 Å². The molecule has 100 valence electrons. The highest BCUT2D eigenvalue weighted by Gasteiger charge is 2.24. The van der Waals surface area contributed by atoms with Crippen LogP contribution in [0.25, 0.3) is 0 Å². The zero-order valence-corrected chi connectivity index (χ0v) is 11.1. The van der Waals surface area contributed by atoms with Crippen molar-refractivity contribution in [2.75, 3.05) is 0 Å². The third-order valence-corrected chi connectivity index (χ3v) is 2.17. The topological polar surface area (TPSA) is 74.4 Å². The number of hydrogen-bond donors (Lipinski definition) is 0. The SMILES string of the molecule is CCCn1cc([N+](=O)[O-])cc1C(=O)OC(C)(C)C. The minimum atomic E-state index is -0.618. The first-order valence-corrected chi connectivity index (χ1v) is 5.82. The van der Waals surface area contributed by atoms with E-state index in [4.69, 9.17) is 4.74 Å². The van der Waals surface area contributed by atoms with Crippen molar-refractivity contribution < 1.29 is 14.5 Å². The van der Waals surface area contributed by atoms with Crippen LogP contribution in [0.5, 0.6) is 0 Å². The summed E-state index contributed by atoms with van der Waals surface area (Å²) in [6.45, 7) is 7.75. The molecule has 0 bridgehead atoms. The zero-order valence-electron chi connectivity index (χ0n) is 11.1. The smallest absolute Gasteiger partial charge is 0.355 e. The second-order valence-electron chi connectivity index (χ2n) is 5.04. The molecule has 6 heteroatoms. The summed E-state index contributed by atoms with van der Waals surface area (Å²) < 4.78 is 6.78. The van der Waals surface area contributed by atoms with Crippen LogP contribution in [-0.2, 0) is 11.3 Å². The molecule has 0 N–H and O–H groups in total. The lowest BCUT2D eigenvalue weighted by Gasteiger charge is -2.19. The van der Waals surface area contributed by atoms with E-state index in [-0.39, 0.29) is 11.4 Å². The summed E-state index contributed by atoms with van der Waals surface area (Å²) in [7, 11) is 0. The average molecular weight is 254 g/mol. The molecule has 1 heterocycles. The standard InChI is InChI=1S/C12H18N2O4/c1-5-6-13-8-9(14(16)17)7-10(13)11(15)18-12(2,3)4/h7-8H,5-6H2,1-4H3. The van der Waals surface area contributed by atoms with Gasteiger partial charge in [-0.25, -0.2) is 4.79 Å². The Morgan fingerprint density at radius 1 is 1.50 bits per heavy atom. The largest absolute Gasteiger partial charge is 0.455 e. The molecule has 1 aromatic heterocycles. The first kappa shape index (κ1) is 14.2. The summed E-state index contributed by atoms with van der Waals surface area (Å²) >= 11 is 0. The first-order chi connectivity index (χ1) is 8.24. The molecular weight excluding hydrogens is 236 g/mol. The lowest BCUT2D eigenvalue weighted by Crippen LogP contribution is -2.25. The van der Waals surface area contributed by atoms with Gasteiger partial charge in [0.2, 0.25) is 0 Å². The van der Waals surface area contributed by atoms with Crippen LogP contribution in [0.4, 0.5) is 5.69 Å². The molecule has 0 atom stereocenters. The van der Waals surface area contributed by atoms with Crippen molar-refractivity contribution in [3.63, 3.8) is 0 Å². The van der Waals surface area contributed by atoms with Gasteiger partial charge in [0, 0.05) is 12.6 Å². The van der Waals surface area contributed by atoms with Crippen LogP contribution in [-0.4, -0.2) is 21.1 Å². The van der Waals surface area contributed by atoms with Crippen molar-refractivity contribution in [2.24, 2.45) is 0 Å². The molecule has 0 amide bonds. The molecule has 0 saturated heterocycles. The Labute approximate surface area is 106 Å². The summed E-state index contributed by atoms with van der Waals surface area (Å²) in [5.41, 5.74) is -0.490. The van der Waals surface area contributed by atoms with E-state index >= 15 is 0 Å². The number of rotatable bonds is 4. The molecule has 0 aliphatic heterocycles. The highest BCUT2D eigenvalue weighted by Crippen LogP contribution is 2.20. The van der Waals surface area contributed by atoms with Gasteiger partial charge >= 0.3 is 5.97 Å². The van der Waals surface area contributed by atoms with Gasteiger partial charge in [-0.15, -0.1) is 0 Å². The van der Waals surface area contributed by atoms with Crippen LogP contribution < -0.4 is 0 Å². The number of hydrogen-bond acceptors (Lipinski definition) is 4. The van der Waals surface area contributed by atoms with Crippen LogP contribution in [0.3, 0.4) is 0 Å². The van der Waals surface area contributed by atoms with E-state index in [1.807, 2.05) is 6.92 Å². The van der Waals surface area contributed by atoms with Crippen LogP contribution >= 0.6 is 0 Å². The molecule has 0 unspecified atom stereocenters. The Bertz CT molecular complexity index is 457. The maximum atomic E-state index is 11.9. The van der Waals surface area contributed by atoms with Gasteiger partial charge in [-0.05, 0) is 27.2 Å². The number of carbonyl (C=O) groups excluding carboxylic acids is 1. The molecule has 0 fully saturated rings. The summed E-state index contributed by atoms with van der Waals surface area (Å²) in [5, 5.41) is 10.7. The molecule has 6 nitrogen and oxygen atoms in total. The fraction of sp³-hybridized carbons (Fsp3) is 0.583. The van der Waals surface area contributed by atoms with E-state index < -0.39 is 16.5 Å². The van der Waals surface area contributed by atoms with E-state index in [1.165, 1.54) is 12.3 Å². The zero-order chi connectivity index (χ0) is 13.9. The van der Waals surface area contributed by atoms with Crippen molar-refractivity contribution in [3.05, 3.63) is 28.1 Å². The number of nitrogens with zero attached hydrogens (tertiary/aromatic N) is 2. The lowest BCUT2D eigenvalue weighted by molar-refractivity contribution is -0.384. The fourth-order valence-corrected chi connectivity index (χ4v) is 1.52. The minimum absolute atomic E-state index is 0.0932. The van der Waals surface area contributed by atoms with Gasteiger partial charge < -0.3 is 9.30 Å². The molecule has 0 aliphatic carbocycles. The van der Waals surface area contributed by atoms with E-state index in [9.17, 15) is 14.9 Å². The van der Waals surface area contributed by atoms with E-state index in [1.54, 1.807) is 25.3 Å². The van der Waals surface area contributed by atoms with Crippen LogP contribution in [0.2, 0.25) is 0 Å². The number of carbonyl (C=O) groups is 1. The van der Waals surface area contributed by atoms with Gasteiger partial charge in [0.25, 0.3) is 5.69 Å². The summed E-state index contributed by atoms with van der Waals surface area (Å²) in [5.74, 6) is -0.538. The van der Waals surface area contributed by atoms with E-state index in [0.717, 1.165) is 6.42 Å². The number of nitro groups is 1. The molecule has 0 aliphatic rings. The number of esters is 1. The van der Waals surface area contributed by atoms with Gasteiger partial charge in [-0.3, -0.25) is 10.1 Å². The number of aryl methyl sites for hydroxylation is 1. The Morgan fingerprint density at radius 2 is 2.11 bits per heavy atom. The van der Waals surface area contributed by atoms with Gasteiger partial charge in [-0.1, -0.05) is 6.92 Å². The van der Waals surface area contributed by atoms with Crippen molar-refractivity contribution in [3.8, 4) is 0 Å². The molecule has 0 aromatic carbocycles. The maximum Gasteiger partial charge on any atom is 0.355 e. The predicted molar refractivity (Wildman–Crippen MR) is 66.5 cm³/mol. The Kier molecular flexibility index (Phi) is 4.11. The number of aromatic nitrogens is 1. The Hall–Kier alpha value is -1.85. The Balaban J connectivity index is 3.05. The van der Waals surface area contributed by atoms with Gasteiger partial charge in [0.05, 0.1) is 11.1 Å². The second-order valence-corrected chi connectivity index (χ2v) is 5.04. The maximum absolute atomic E-state index is 11.9. The van der Waals surface area contributed by atoms with Crippen molar-refractivity contribution in [1.82, 2.24) is 4.57 Å². The monoisotopic (exact) mass is 254 g/mol. The molecule has 0 saturated carbocycles. The Morgan fingerprint density at radius 3 is 2.56 bits per heavy atom. The van der Waals surface area contributed by atoms with Crippen molar-refractivity contribution >= 4 is 11.7 Å². The molecular formula is C12H18N2O4. The quantitative estimate of drug-likeness (QED) is 0.470. The summed E-state index contributed by atoms with van der Waals surface area (Å²) in [6.07, 6.45) is 2.14. The van der Waals surface area contributed by atoms with Crippen LogP contribution in [0.15, 0.2) is 12.3 Å².